The number of rotatable bonds is 6. The van der Waals surface area contributed by atoms with Crippen molar-refractivity contribution in [2.24, 2.45) is 0 Å². The van der Waals surface area contributed by atoms with Gasteiger partial charge in [0.05, 0.1) is 5.69 Å². The predicted octanol–water partition coefficient (Wildman–Crippen LogP) is 3.75. The van der Waals surface area contributed by atoms with Crippen LogP contribution in [0.4, 0.5) is 0 Å². The van der Waals surface area contributed by atoms with Crippen molar-refractivity contribution < 1.29 is 0 Å². The summed E-state index contributed by atoms with van der Waals surface area (Å²) in [4.78, 5) is 6.95. The summed E-state index contributed by atoms with van der Waals surface area (Å²) >= 11 is 0. The highest BCUT2D eigenvalue weighted by Gasteiger charge is 2.19. The van der Waals surface area contributed by atoms with Gasteiger partial charge >= 0.3 is 0 Å². The molecule has 0 aliphatic carbocycles. The fraction of sp³-hybridized carbons (Fsp3) is 0.476. The van der Waals surface area contributed by atoms with E-state index in [1.54, 1.807) is 0 Å². The van der Waals surface area contributed by atoms with Gasteiger partial charge in [0.2, 0.25) is 0 Å². The molecule has 1 atom stereocenters. The molecule has 0 saturated carbocycles. The molecular weight excluding hydrogens is 294 g/mol. The molecule has 3 heteroatoms. The Bertz CT molecular complexity index is 618. The Morgan fingerprint density at radius 3 is 2.71 bits per heavy atom. The fourth-order valence-corrected chi connectivity index (χ4v) is 3.45. The molecule has 1 aromatic carbocycles. The second-order valence-electron chi connectivity index (χ2n) is 7.09. The van der Waals surface area contributed by atoms with Gasteiger partial charge in [-0.1, -0.05) is 42.8 Å². The lowest BCUT2D eigenvalue weighted by Crippen LogP contribution is -2.43. The molecule has 0 radical (unpaired) electrons. The molecule has 2 heterocycles. The highest BCUT2D eigenvalue weighted by molar-refractivity contribution is 5.25. The van der Waals surface area contributed by atoms with Crippen molar-refractivity contribution in [3.8, 4) is 0 Å². The topological polar surface area (TPSA) is 28.2 Å². The fourth-order valence-electron chi connectivity index (χ4n) is 3.45. The smallest absolute Gasteiger partial charge is 0.0543 e. The number of aryl methyl sites for hydroxylation is 1. The van der Waals surface area contributed by atoms with Gasteiger partial charge in [-0.15, -0.1) is 0 Å². The minimum Gasteiger partial charge on any atom is -0.313 e. The third-order valence-corrected chi connectivity index (χ3v) is 5.02. The second kappa shape index (κ2) is 8.41. The summed E-state index contributed by atoms with van der Waals surface area (Å²) in [7, 11) is 0. The van der Waals surface area contributed by atoms with Crippen LogP contribution in [0.2, 0.25) is 0 Å². The molecule has 0 unspecified atom stereocenters. The lowest BCUT2D eigenvalue weighted by Gasteiger charge is -2.32. The minimum absolute atomic E-state index is 0.566. The van der Waals surface area contributed by atoms with E-state index < -0.39 is 0 Å². The van der Waals surface area contributed by atoms with Crippen LogP contribution in [0.3, 0.4) is 0 Å². The van der Waals surface area contributed by atoms with E-state index in [1.165, 1.54) is 29.7 Å². The van der Waals surface area contributed by atoms with E-state index in [9.17, 15) is 0 Å². The van der Waals surface area contributed by atoms with Crippen LogP contribution in [0.1, 0.15) is 42.5 Å². The van der Waals surface area contributed by atoms with Gasteiger partial charge < -0.3 is 5.32 Å². The van der Waals surface area contributed by atoms with Gasteiger partial charge in [-0.05, 0) is 43.4 Å². The Labute approximate surface area is 146 Å². The normalized spacial score (nSPS) is 17.8. The number of aromatic nitrogens is 1. The quantitative estimate of drug-likeness (QED) is 0.877. The Balaban J connectivity index is 1.41. The molecule has 128 valence electrons. The summed E-state index contributed by atoms with van der Waals surface area (Å²) in [6.45, 7) is 8.85. The van der Waals surface area contributed by atoms with Gasteiger partial charge in [-0.3, -0.25) is 9.88 Å². The average molecular weight is 323 g/mol. The van der Waals surface area contributed by atoms with Crippen LogP contribution in [0.15, 0.2) is 48.7 Å². The zero-order valence-corrected chi connectivity index (χ0v) is 14.9. The van der Waals surface area contributed by atoms with Crippen LogP contribution in [0.25, 0.3) is 0 Å². The first-order chi connectivity index (χ1) is 11.7. The maximum atomic E-state index is 4.43. The van der Waals surface area contributed by atoms with E-state index in [1.807, 2.05) is 12.3 Å². The summed E-state index contributed by atoms with van der Waals surface area (Å²) in [5, 5.41) is 3.78. The van der Waals surface area contributed by atoms with Crippen molar-refractivity contribution in [1.82, 2.24) is 15.2 Å². The van der Waals surface area contributed by atoms with Crippen molar-refractivity contribution in [2.75, 3.05) is 19.6 Å². The summed E-state index contributed by atoms with van der Waals surface area (Å²) in [6.07, 6.45) is 4.34. The van der Waals surface area contributed by atoms with Gasteiger partial charge in [0.1, 0.15) is 0 Å². The van der Waals surface area contributed by atoms with Gasteiger partial charge in [-0.25, -0.2) is 0 Å². The number of nitrogens with one attached hydrogen (secondary N) is 1. The third kappa shape index (κ3) is 4.89. The highest BCUT2D eigenvalue weighted by Crippen LogP contribution is 2.17. The number of hydrogen-bond acceptors (Lipinski definition) is 3. The number of likely N-dealkylation sites (tertiary alicyclic amines) is 1. The number of hydrogen-bond donors (Lipinski definition) is 1. The van der Waals surface area contributed by atoms with Crippen LogP contribution in [0, 0.1) is 6.92 Å². The number of piperidine rings is 1. The Kier molecular flexibility index (Phi) is 6.00. The molecule has 0 spiro atoms. The second-order valence-corrected chi connectivity index (χ2v) is 7.09. The molecule has 3 rings (SSSR count). The van der Waals surface area contributed by atoms with Crippen molar-refractivity contribution in [3.63, 3.8) is 0 Å². The van der Waals surface area contributed by atoms with Gasteiger partial charge in [0.15, 0.2) is 0 Å². The molecule has 1 saturated heterocycles. The van der Waals surface area contributed by atoms with Crippen molar-refractivity contribution in [2.45, 2.75) is 45.2 Å². The summed E-state index contributed by atoms with van der Waals surface area (Å²) < 4.78 is 0. The monoisotopic (exact) mass is 323 g/mol. The standard InChI is InChI=1S/C21H29N3/c1-17-6-5-7-19(14-17)18(2)15-23-20-9-12-24(13-10-20)16-21-8-3-4-11-22-21/h3-8,11,14,18,20,23H,9-10,12-13,15-16H2,1-2H3/t18-/m1/s1. The summed E-state index contributed by atoms with van der Waals surface area (Å²) in [5.74, 6) is 0.566. The van der Waals surface area contributed by atoms with E-state index in [4.69, 9.17) is 0 Å². The molecule has 3 nitrogen and oxygen atoms in total. The molecule has 24 heavy (non-hydrogen) atoms. The summed E-state index contributed by atoms with van der Waals surface area (Å²) in [6, 6.07) is 15.7. The maximum Gasteiger partial charge on any atom is 0.0543 e. The Morgan fingerprint density at radius 2 is 2.00 bits per heavy atom. The first-order valence-electron chi connectivity index (χ1n) is 9.13. The number of pyridine rings is 1. The van der Waals surface area contributed by atoms with Crippen LogP contribution < -0.4 is 5.32 Å². The lowest BCUT2D eigenvalue weighted by atomic mass is 9.98. The SMILES string of the molecule is Cc1cccc([C@H](C)CNC2CCN(Cc3ccccn3)CC2)c1. The van der Waals surface area contributed by atoms with E-state index >= 15 is 0 Å². The molecule has 1 N–H and O–H groups in total. The van der Waals surface area contributed by atoms with E-state index in [0.717, 1.165) is 26.2 Å². The van der Waals surface area contributed by atoms with E-state index in [0.29, 0.717) is 12.0 Å². The van der Waals surface area contributed by atoms with Gasteiger partial charge in [0.25, 0.3) is 0 Å². The third-order valence-electron chi connectivity index (χ3n) is 5.02. The largest absolute Gasteiger partial charge is 0.313 e. The lowest BCUT2D eigenvalue weighted by molar-refractivity contribution is 0.188. The number of nitrogens with zero attached hydrogens (tertiary/aromatic N) is 2. The number of benzene rings is 1. The Morgan fingerprint density at radius 1 is 1.17 bits per heavy atom. The molecule has 1 aromatic heterocycles. The molecule has 0 bridgehead atoms. The Hall–Kier alpha value is -1.71. The molecule has 1 aliphatic heterocycles. The first-order valence-corrected chi connectivity index (χ1v) is 9.13. The van der Waals surface area contributed by atoms with E-state index in [2.05, 4.69) is 65.4 Å². The molecule has 2 aromatic rings. The van der Waals surface area contributed by atoms with Crippen molar-refractivity contribution in [3.05, 3.63) is 65.5 Å². The van der Waals surface area contributed by atoms with Crippen LogP contribution in [-0.4, -0.2) is 35.6 Å². The zero-order valence-electron chi connectivity index (χ0n) is 14.9. The van der Waals surface area contributed by atoms with Gasteiger partial charge in [-0.2, -0.15) is 0 Å². The molecule has 1 fully saturated rings. The van der Waals surface area contributed by atoms with Crippen LogP contribution >= 0.6 is 0 Å². The first kappa shape index (κ1) is 17.1. The predicted molar refractivity (Wildman–Crippen MR) is 100 cm³/mol. The minimum atomic E-state index is 0.566. The van der Waals surface area contributed by atoms with Gasteiger partial charge in [0, 0.05) is 38.4 Å². The zero-order chi connectivity index (χ0) is 16.8. The molecular formula is C21H29N3. The molecule has 1 aliphatic rings. The summed E-state index contributed by atoms with van der Waals surface area (Å²) in [5.41, 5.74) is 3.97. The average Bonchev–Trinajstić information content (AvgIpc) is 2.62. The highest BCUT2D eigenvalue weighted by atomic mass is 15.1. The van der Waals surface area contributed by atoms with Crippen molar-refractivity contribution >= 4 is 0 Å². The van der Waals surface area contributed by atoms with Crippen LogP contribution in [0.5, 0.6) is 0 Å². The van der Waals surface area contributed by atoms with E-state index in [-0.39, 0.29) is 0 Å². The molecule has 0 amide bonds. The van der Waals surface area contributed by atoms with Crippen molar-refractivity contribution in [1.29, 1.82) is 0 Å². The van der Waals surface area contributed by atoms with Crippen LogP contribution in [-0.2, 0) is 6.54 Å². The maximum absolute atomic E-state index is 4.43.